The lowest BCUT2D eigenvalue weighted by atomic mass is 10.0. The zero-order valence-corrected chi connectivity index (χ0v) is 10.6. The summed E-state index contributed by atoms with van der Waals surface area (Å²) in [7, 11) is 0. The first-order valence-electron chi connectivity index (χ1n) is 5.88. The zero-order chi connectivity index (χ0) is 12.9. The highest BCUT2D eigenvalue weighted by Gasteiger charge is 2.33. The molecule has 0 saturated carbocycles. The van der Waals surface area contributed by atoms with Gasteiger partial charge in [0.2, 0.25) is 11.8 Å². The molecule has 1 rings (SSSR count). The van der Waals surface area contributed by atoms with Crippen LogP contribution in [0.25, 0.3) is 0 Å². The van der Waals surface area contributed by atoms with E-state index in [1.165, 1.54) is 0 Å². The van der Waals surface area contributed by atoms with Crippen molar-refractivity contribution in [3.05, 3.63) is 0 Å². The van der Waals surface area contributed by atoms with Crippen LogP contribution in [-0.4, -0.2) is 49.7 Å². The average Bonchev–Trinajstić information content (AvgIpc) is 2.24. The van der Waals surface area contributed by atoms with Crippen LogP contribution in [0.2, 0.25) is 0 Å². The van der Waals surface area contributed by atoms with Gasteiger partial charge in [0.05, 0.1) is 5.60 Å². The number of hydrogen-bond acceptors (Lipinski definition) is 4. The summed E-state index contributed by atoms with van der Waals surface area (Å²) in [6, 6.07) is -0.529. The van der Waals surface area contributed by atoms with Gasteiger partial charge in [0.15, 0.2) is 0 Å². The first-order valence-corrected chi connectivity index (χ1v) is 5.88. The third kappa shape index (κ3) is 4.32. The topological polar surface area (TPSA) is 79.5 Å². The predicted octanol–water partition coefficient (Wildman–Crippen LogP) is -0.994. The summed E-state index contributed by atoms with van der Waals surface area (Å²) in [5.41, 5.74) is -0.244. The fourth-order valence-electron chi connectivity index (χ4n) is 1.49. The van der Waals surface area contributed by atoms with Crippen LogP contribution in [0.5, 0.6) is 0 Å². The fraction of sp³-hybridized carbons (Fsp3) is 0.818. The van der Waals surface area contributed by atoms with Crippen molar-refractivity contribution in [2.75, 3.05) is 26.2 Å². The Hall–Kier alpha value is -1.14. The Balaban J connectivity index is 2.22. The Morgan fingerprint density at radius 1 is 1.47 bits per heavy atom. The van der Waals surface area contributed by atoms with Crippen LogP contribution in [0, 0.1) is 0 Å². The second kappa shape index (κ2) is 5.97. The molecule has 1 unspecified atom stereocenters. The molecule has 0 aromatic carbocycles. The molecule has 0 aromatic heterocycles. The minimum absolute atomic E-state index is 0.0120. The SMILES string of the molecule is CCNC(=O)C(C)NC(=O)COC1(C)CNC1. The molecule has 1 atom stereocenters. The molecule has 0 aromatic rings. The number of likely N-dealkylation sites (N-methyl/N-ethyl adjacent to an activating group) is 1. The Labute approximate surface area is 101 Å². The molecule has 17 heavy (non-hydrogen) atoms. The lowest BCUT2D eigenvalue weighted by Crippen LogP contribution is -2.60. The van der Waals surface area contributed by atoms with Gasteiger partial charge in [-0.05, 0) is 20.8 Å². The molecule has 1 aliphatic rings. The van der Waals surface area contributed by atoms with Crippen LogP contribution in [0.4, 0.5) is 0 Å². The minimum Gasteiger partial charge on any atom is -0.363 e. The van der Waals surface area contributed by atoms with E-state index in [1.807, 2.05) is 13.8 Å². The zero-order valence-electron chi connectivity index (χ0n) is 10.6. The van der Waals surface area contributed by atoms with Crippen molar-refractivity contribution in [1.29, 1.82) is 0 Å². The lowest BCUT2D eigenvalue weighted by molar-refractivity contribution is -0.138. The van der Waals surface area contributed by atoms with Gasteiger partial charge in [-0.25, -0.2) is 0 Å². The Kier molecular flexibility index (Phi) is 4.89. The number of amides is 2. The van der Waals surface area contributed by atoms with Crippen LogP contribution < -0.4 is 16.0 Å². The van der Waals surface area contributed by atoms with E-state index in [4.69, 9.17) is 4.74 Å². The molecule has 1 heterocycles. The monoisotopic (exact) mass is 243 g/mol. The van der Waals surface area contributed by atoms with Crippen molar-refractivity contribution >= 4 is 11.8 Å². The number of nitrogens with one attached hydrogen (secondary N) is 3. The van der Waals surface area contributed by atoms with Gasteiger partial charge in [0.1, 0.15) is 12.6 Å². The molecule has 1 fully saturated rings. The Morgan fingerprint density at radius 2 is 2.12 bits per heavy atom. The Bertz CT molecular complexity index is 290. The first kappa shape index (κ1) is 13.9. The molecule has 6 nitrogen and oxygen atoms in total. The Morgan fingerprint density at radius 3 is 2.59 bits per heavy atom. The van der Waals surface area contributed by atoms with E-state index >= 15 is 0 Å². The molecule has 0 spiro atoms. The fourth-order valence-corrected chi connectivity index (χ4v) is 1.49. The summed E-state index contributed by atoms with van der Waals surface area (Å²) >= 11 is 0. The van der Waals surface area contributed by atoms with E-state index in [9.17, 15) is 9.59 Å². The van der Waals surface area contributed by atoms with Gasteiger partial charge in [0, 0.05) is 19.6 Å². The van der Waals surface area contributed by atoms with Gasteiger partial charge in [-0.3, -0.25) is 9.59 Å². The van der Waals surface area contributed by atoms with Crippen molar-refractivity contribution in [1.82, 2.24) is 16.0 Å². The van der Waals surface area contributed by atoms with Crippen LogP contribution in [0.3, 0.4) is 0 Å². The molecule has 1 saturated heterocycles. The van der Waals surface area contributed by atoms with Crippen molar-refractivity contribution in [3.8, 4) is 0 Å². The highest BCUT2D eigenvalue weighted by atomic mass is 16.5. The molecular formula is C11H21N3O3. The van der Waals surface area contributed by atoms with Crippen molar-refractivity contribution in [3.63, 3.8) is 0 Å². The van der Waals surface area contributed by atoms with Crippen LogP contribution in [-0.2, 0) is 14.3 Å². The molecule has 2 amide bonds. The molecule has 3 N–H and O–H groups in total. The summed E-state index contributed by atoms with van der Waals surface area (Å²) in [5, 5.41) is 8.31. The van der Waals surface area contributed by atoms with Gasteiger partial charge in [-0.15, -0.1) is 0 Å². The predicted molar refractivity (Wildman–Crippen MR) is 63.5 cm³/mol. The number of carbonyl (C=O) groups excluding carboxylic acids is 2. The second-order valence-electron chi connectivity index (χ2n) is 4.53. The number of carbonyl (C=O) groups is 2. The van der Waals surface area contributed by atoms with E-state index in [2.05, 4.69) is 16.0 Å². The molecule has 6 heteroatoms. The largest absolute Gasteiger partial charge is 0.363 e. The molecule has 0 bridgehead atoms. The van der Waals surface area contributed by atoms with Crippen molar-refractivity contribution < 1.29 is 14.3 Å². The van der Waals surface area contributed by atoms with Crippen LogP contribution >= 0.6 is 0 Å². The third-order valence-electron chi connectivity index (χ3n) is 2.67. The van der Waals surface area contributed by atoms with E-state index in [-0.39, 0.29) is 24.0 Å². The smallest absolute Gasteiger partial charge is 0.246 e. The maximum absolute atomic E-state index is 11.5. The lowest BCUT2D eigenvalue weighted by Gasteiger charge is -2.38. The summed E-state index contributed by atoms with van der Waals surface area (Å²) < 4.78 is 5.46. The third-order valence-corrected chi connectivity index (χ3v) is 2.67. The summed E-state index contributed by atoms with van der Waals surface area (Å²) in [4.78, 5) is 22.9. The van der Waals surface area contributed by atoms with Gasteiger partial charge in [0.25, 0.3) is 0 Å². The van der Waals surface area contributed by atoms with E-state index in [0.29, 0.717) is 6.54 Å². The standard InChI is InChI=1S/C11H21N3O3/c1-4-13-10(16)8(2)14-9(15)5-17-11(3)6-12-7-11/h8,12H,4-7H2,1-3H3,(H,13,16)(H,14,15). The van der Waals surface area contributed by atoms with E-state index in [1.54, 1.807) is 6.92 Å². The maximum Gasteiger partial charge on any atom is 0.246 e. The second-order valence-corrected chi connectivity index (χ2v) is 4.53. The normalized spacial score (nSPS) is 19.0. The highest BCUT2D eigenvalue weighted by molar-refractivity contribution is 5.87. The van der Waals surface area contributed by atoms with Gasteiger partial charge >= 0.3 is 0 Å². The minimum atomic E-state index is -0.529. The summed E-state index contributed by atoms with van der Waals surface area (Å²) in [5.74, 6) is -0.450. The van der Waals surface area contributed by atoms with Crippen molar-refractivity contribution in [2.45, 2.75) is 32.4 Å². The van der Waals surface area contributed by atoms with Crippen LogP contribution in [0.15, 0.2) is 0 Å². The van der Waals surface area contributed by atoms with Gasteiger partial charge < -0.3 is 20.7 Å². The van der Waals surface area contributed by atoms with E-state index < -0.39 is 6.04 Å². The molecule has 98 valence electrons. The molecule has 0 radical (unpaired) electrons. The number of ether oxygens (including phenoxy) is 1. The van der Waals surface area contributed by atoms with Gasteiger partial charge in [-0.1, -0.05) is 0 Å². The number of hydrogen-bond donors (Lipinski definition) is 3. The van der Waals surface area contributed by atoms with E-state index in [0.717, 1.165) is 13.1 Å². The van der Waals surface area contributed by atoms with Crippen molar-refractivity contribution in [2.24, 2.45) is 0 Å². The molecule has 0 aliphatic carbocycles. The summed E-state index contributed by atoms with van der Waals surface area (Å²) in [6.07, 6.45) is 0. The number of rotatable bonds is 6. The summed E-state index contributed by atoms with van der Waals surface area (Å²) in [6.45, 7) is 7.49. The first-order chi connectivity index (χ1) is 7.97. The molecule has 1 aliphatic heterocycles. The highest BCUT2D eigenvalue weighted by Crippen LogP contribution is 2.14. The quantitative estimate of drug-likeness (QED) is 0.559. The average molecular weight is 243 g/mol. The van der Waals surface area contributed by atoms with Crippen LogP contribution in [0.1, 0.15) is 20.8 Å². The van der Waals surface area contributed by atoms with Gasteiger partial charge in [-0.2, -0.15) is 0 Å². The molecular weight excluding hydrogens is 222 g/mol. The maximum atomic E-state index is 11.5.